The van der Waals surface area contributed by atoms with E-state index in [0.717, 1.165) is 5.56 Å². The zero-order chi connectivity index (χ0) is 20.9. The summed E-state index contributed by atoms with van der Waals surface area (Å²) in [6.07, 6.45) is 3.36. The Labute approximate surface area is 172 Å². The number of rotatable bonds is 5. The molecule has 30 heavy (non-hydrogen) atoms. The number of carbonyl (C=O) groups excluding carboxylic acids is 1. The van der Waals surface area contributed by atoms with Crippen LogP contribution in [0.2, 0.25) is 0 Å². The summed E-state index contributed by atoms with van der Waals surface area (Å²) >= 11 is 0. The minimum atomic E-state index is -0.282. The highest BCUT2D eigenvalue weighted by Gasteiger charge is 2.12. The molecule has 0 aliphatic rings. The van der Waals surface area contributed by atoms with Crippen molar-refractivity contribution in [3.05, 3.63) is 106 Å². The smallest absolute Gasteiger partial charge is 0.274 e. The van der Waals surface area contributed by atoms with E-state index in [1.165, 1.54) is 4.68 Å². The van der Waals surface area contributed by atoms with Gasteiger partial charge < -0.3 is 5.32 Å². The van der Waals surface area contributed by atoms with Crippen LogP contribution in [0.25, 0.3) is 10.8 Å². The minimum absolute atomic E-state index is 0.159. The third-order valence-electron chi connectivity index (χ3n) is 4.69. The predicted molar refractivity (Wildman–Crippen MR) is 112 cm³/mol. The number of hydrogen-bond acceptors (Lipinski definition) is 5. The molecule has 1 amide bonds. The lowest BCUT2D eigenvalue weighted by atomic mass is 10.1. The minimum Gasteiger partial charge on any atom is -0.346 e. The van der Waals surface area contributed by atoms with Crippen LogP contribution in [0, 0.1) is 11.3 Å². The number of nitrogens with zero attached hydrogens (tertiary/aromatic N) is 4. The second-order valence-electron chi connectivity index (χ2n) is 6.69. The molecule has 2 aromatic heterocycles. The van der Waals surface area contributed by atoms with Gasteiger partial charge in [0.1, 0.15) is 0 Å². The van der Waals surface area contributed by atoms with Crippen molar-refractivity contribution in [1.82, 2.24) is 20.1 Å². The summed E-state index contributed by atoms with van der Waals surface area (Å²) in [5.41, 5.74) is 2.19. The zero-order valence-electron chi connectivity index (χ0n) is 15.9. The molecular formula is C23H17N5O2. The van der Waals surface area contributed by atoms with E-state index in [1.54, 1.807) is 54.9 Å². The van der Waals surface area contributed by atoms with Gasteiger partial charge in [-0.1, -0.05) is 24.3 Å². The Morgan fingerprint density at radius 3 is 2.50 bits per heavy atom. The van der Waals surface area contributed by atoms with Crippen molar-refractivity contribution in [3.63, 3.8) is 0 Å². The van der Waals surface area contributed by atoms with Crippen LogP contribution in [-0.2, 0) is 13.1 Å². The SMILES string of the molecule is N#Cc1ccc(C(=O)NCc2nn(Cc3cccnc3)c(=O)c3ccccc23)cc1. The van der Waals surface area contributed by atoms with Gasteiger partial charge in [-0.25, -0.2) is 4.68 Å². The number of amides is 1. The molecule has 7 nitrogen and oxygen atoms in total. The highest BCUT2D eigenvalue weighted by molar-refractivity contribution is 5.94. The molecule has 0 aliphatic heterocycles. The molecule has 2 aromatic carbocycles. The number of fused-ring (bicyclic) bond motifs is 1. The Morgan fingerprint density at radius 1 is 1.03 bits per heavy atom. The Morgan fingerprint density at radius 2 is 1.80 bits per heavy atom. The Balaban J connectivity index is 1.64. The average molecular weight is 395 g/mol. The van der Waals surface area contributed by atoms with E-state index in [0.29, 0.717) is 27.6 Å². The Bertz CT molecular complexity index is 1310. The molecule has 0 saturated heterocycles. The third kappa shape index (κ3) is 3.93. The van der Waals surface area contributed by atoms with Crippen molar-refractivity contribution >= 4 is 16.7 Å². The number of pyridine rings is 1. The first-order valence-electron chi connectivity index (χ1n) is 9.32. The van der Waals surface area contributed by atoms with Crippen molar-refractivity contribution in [1.29, 1.82) is 5.26 Å². The largest absolute Gasteiger partial charge is 0.346 e. The number of benzene rings is 2. The zero-order valence-corrected chi connectivity index (χ0v) is 15.9. The van der Waals surface area contributed by atoms with Crippen LogP contribution >= 0.6 is 0 Å². The van der Waals surface area contributed by atoms with Crippen LogP contribution < -0.4 is 10.9 Å². The molecule has 0 bridgehead atoms. The number of carbonyl (C=O) groups is 1. The summed E-state index contributed by atoms with van der Waals surface area (Å²) in [6.45, 7) is 0.445. The Hall–Kier alpha value is -4.31. The lowest BCUT2D eigenvalue weighted by Gasteiger charge is -2.12. The van der Waals surface area contributed by atoms with Gasteiger partial charge in [0, 0.05) is 23.3 Å². The molecule has 0 fully saturated rings. The average Bonchev–Trinajstić information content (AvgIpc) is 2.80. The first kappa shape index (κ1) is 19.0. The maximum atomic E-state index is 12.9. The van der Waals surface area contributed by atoms with Gasteiger partial charge in [0.2, 0.25) is 0 Å². The fourth-order valence-electron chi connectivity index (χ4n) is 3.17. The highest BCUT2D eigenvalue weighted by Crippen LogP contribution is 2.14. The quantitative estimate of drug-likeness (QED) is 0.560. The van der Waals surface area contributed by atoms with Gasteiger partial charge in [-0.3, -0.25) is 14.6 Å². The normalized spacial score (nSPS) is 10.5. The topological polar surface area (TPSA) is 101 Å². The van der Waals surface area contributed by atoms with Gasteiger partial charge in [0.05, 0.1) is 35.8 Å². The van der Waals surface area contributed by atoms with Gasteiger partial charge in [-0.05, 0) is 42.0 Å². The number of nitriles is 1. The van der Waals surface area contributed by atoms with Gasteiger partial charge in [0.15, 0.2) is 0 Å². The first-order valence-corrected chi connectivity index (χ1v) is 9.32. The van der Waals surface area contributed by atoms with E-state index >= 15 is 0 Å². The maximum Gasteiger partial charge on any atom is 0.274 e. The molecule has 1 N–H and O–H groups in total. The predicted octanol–water partition coefficient (Wildman–Crippen LogP) is 2.64. The summed E-state index contributed by atoms with van der Waals surface area (Å²) < 4.78 is 1.39. The second-order valence-corrected chi connectivity index (χ2v) is 6.69. The van der Waals surface area contributed by atoms with E-state index in [9.17, 15) is 9.59 Å². The van der Waals surface area contributed by atoms with Gasteiger partial charge in [-0.2, -0.15) is 10.4 Å². The highest BCUT2D eigenvalue weighted by atomic mass is 16.1. The van der Waals surface area contributed by atoms with Crippen molar-refractivity contribution < 1.29 is 4.79 Å². The molecule has 0 aliphatic carbocycles. The Kier molecular flexibility index (Phi) is 5.31. The van der Waals surface area contributed by atoms with Crippen molar-refractivity contribution in [2.45, 2.75) is 13.1 Å². The number of nitrogens with one attached hydrogen (secondary N) is 1. The lowest BCUT2D eigenvalue weighted by molar-refractivity contribution is 0.0950. The van der Waals surface area contributed by atoms with E-state index in [-0.39, 0.29) is 24.6 Å². The van der Waals surface area contributed by atoms with Crippen LogP contribution in [0.3, 0.4) is 0 Å². The molecule has 0 radical (unpaired) electrons. The van der Waals surface area contributed by atoms with Crippen LogP contribution in [0.4, 0.5) is 0 Å². The monoisotopic (exact) mass is 395 g/mol. The second kappa shape index (κ2) is 8.37. The summed E-state index contributed by atoms with van der Waals surface area (Å²) in [6, 6.07) is 19.3. The summed E-state index contributed by atoms with van der Waals surface area (Å²) in [4.78, 5) is 29.4. The molecule has 4 aromatic rings. The van der Waals surface area contributed by atoms with Crippen LogP contribution in [-0.4, -0.2) is 20.7 Å². The molecular weight excluding hydrogens is 378 g/mol. The van der Waals surface area contributed by atoms with Crippen molar-refractivity contribution in [2.24, 2.45) is 0 Å². The molecule has 0 spiro atoms. The van der Waals surface area contributed by atoms with Crippen LogP contribution in [0.5, 0.6) is 0 Å². The van der Waals surface area contributed by atoms with Crippen LogP contribution in [0.1, 0.15) is 27.2 Å². The third-order valence-corrected chi connectivity index (χ3v) is 4.69. The molecule has 2 heterocycles. The van der Waals surface area contributed by atoms with Gasteiger partial charge in [0.25, 0.3) is 11.5 Å². The molecule has 0 unspecified atom stereocenters. The molecule has 4 rings (SSSR count). The van der Waals surface area contributed by atoms with E-state index in [2.05, 4.69) is 15.4 Å². The fourth-order valence-corrected chi connectivity index (χ4v) is 3.17. The maximum absolute atomic E-state index is 12.9. The summed E-state index contributed by atoms with van der Waals surface area (Å²) in [5.74, 6) is -0.282. The van der Waals surface area contributed by atoms with E-state index in [1.807, 2.05) is 24.3 Å². The standard InChI is InChI=1S/C23H17N5O2/c24-12-16-7-9-18(10-8-16)22(29)26-14-21-19-5-1-2-6-20(19)23(30)28(27-21)15-17-4-3-11-25-13-17/h1-11,13H,14-15H2,(H,26,29). The van der Waals surface area contributed by atoms with Crippen molar-refractivity contribution in [3.8, 4) is 6.07 Å². The van der Waals surface area contributed by atoms with E-state index in [4.69, 9.17) is 5.26 Å². The lowest BCUT2D eigenvalue weighted by Crippen LogP contribution is -2.29. The number of hydrogen-bond donors (Lipinski definition) is 1. The summed E-state index contributed by atoms with van der Waals surface area (Å²) in [7, 11) is 0. The van der Waals surface area contributed by atoms with E-state index < -0.39 is 0 Å². The molecule has 7 heteroatoms. The molecule has 0 atom stereocenters. The van der Waals surface area contributed by atoms with Crippen LogP contribution in [0.15, 0.2) is 77.9 Å². The number of aromatic nitrogens is 3. The first-order chi connectivity index (χ1) is 14.7. The molecule has 0 saturated carbocycles. The van der Waals surface area contributed by atoms with Crippen molar-refractivity contribution in [2.75, 3.05) is 0 Å². The fraction of sp³-hybridized carbons (Fsp3) is 0.0870. The molecule has 146 valence electrons. The van der Waals surface area contributed by atoms with Gasteiger partial charge >= 0.3 is 0 Å². The van der Waals surface area contributed by atoms with Gasteiger partial charge in [-0.15, -0.1) is 0 Å². The summed E-state index contributed by atoms with van der Waals surface area (Å²) in [5, 5.41) is 17.5.